The number of fused-ring (bicyclic) bond motifs is 2. The fourth-order valence-corrected chi connectivity index (χ4v) is 6.99. The van der Waals surface area contributed by atoms with Crippen LogP contribution < -0.4 is 10.6 Å². The first-order valence-corrected chi connectivity index (χ1v) is 10.1. The highest BCUT2D eigenvalue weighted by Crippen LogP contribution is 2.78. The third kappa shape index (κ3) is 2.11. The summed E-state index contributed by atoms with van der Waals surface area (Å²) in [6.07, 6.45) is 10.6. The van der Waals surface area contributed by atoms with Crippen molar-refractivity contribution in [2.75, 3.05) is 11.9 Å². The van der Waals surface area contributed by atoms with E-state index in [1.165, 1.54) is 38.5 Å². The van der Waals surface area contributed by atoms with Crippen molar-refractivity contribution in [1.29, 1.82) is 5.26 Å². The van der Waals surface area contributed by atoms with E-state index in [0.717, 1.165) is 46.8 Å². The van der Waals surface area contributed by atoms with Crippen LogP contribution in [0.5, 0.6) is 0 Å². The Morgan fingerprint density at radius 1 is 1.33 bits per heavy atom. The molecule has 27 heavy (non-hydrogen) atoms. The van der Waals surface area contributed by atoms with E-state index in [1.807, 2.05) is 24.4 Å². The first kappa shape index (κ1) is 15.5. The van der Waals surface area contributed by atoms with E-state index in [-0.39, 0.29) is 0 Å². The van der Waals surface area contributed by atoms with E-state index in [9.17, 15) is 0 Å². The fourth-order valence-electron chi connectivity index (χ4n) is 6.99. The van der Waals surface area contributed by atoms with Gasteiger partial charge in [-0.3, -0.25) is 10.3 Å². The van der Waals surface area contributed by atoms with Crippen LogP contribution in [-0.4, -0.2) is 17.5 Å². The Labute approximate surface area is 158 Å². The van der Waals surface area contributed by atoms with Gasteiger partial charge in [0, 0.05) is 6.54 Å². The second-order valence-electron chi connectivity index (χ2n) is 9.00. The van der Waals surface area contributed by atoms with E-state index in [0.29, 0.717) is 17.5 Å². The first-order valence-electron chi connectivity index (χ1n) is 10.1. The van der Waals surface area contributed by atoms with Crippen LogP contribution in [-0.2, 0) is 0 Å². The van der Waals surface area contributed by atoms with Gasteiger partial charge >= 0.3 is 0 Å². The summed E-state index contributed by atoms with van der Waals surface area (Å²) in [6.45, 7) is 0.793. The maximum absolute atomic E-state index is 9.15. The Morgan fingerprint density at radius 2 is 2.30 bits per heavy atom. The van der Waals surface area contributed by atoms with E-state index < -0.39 is 0 Å². The summed E-state index contributed by atoms with van der Waals surface area (Å²) in [7, 11) is 0. The molecule has 1 heterocycles. The molecule has 1 spiro atoms. The summed E-state index contributed by atoms with van der Waals surface area (Å²) in [5.74, 6) is 4.95. The Hall–Kier alpha value is -2.55. The molecule has 5 saturated carbocycles. The van der Waals surface area contributed by atoms with Gasteiger partial charge in [-0.15, -0.1) is 0 Å². The molecule has 0 radical (unpaired) electrons. The number of rotatable bonds is 3. The molecule has 6 heteroatoms. The molecule has 1 aromatic heterocycles. The van der Waals surface area contributed by atoms with Crippen LogP contribution in [0.25, 0.3) is 11.1 Å². The number of para-hydroxylation sites is 1. The van der Waals surface area contributed by atoms with Gasteiger partial charge in [0.2, 0.25) is 5.96 Å². The summed E-state index contributed by atoms with van der Waals surface area (Å²) in [4.78, 5) is 8.96. The van der Waals surface area contributed by atoms with Gasteiger partial charge < -0.3 is 9.73 Å². The van der Waals surface area contributed by atoms with Gasteiger partial charge in [-0.05, 0) is 79.2 Å². The minimum atomic E-state index is 0.497. The molecule has 6 nitrogen and oxygen atoms in total. The number of aliphatic imine (C=N–C) groups is 1. The van der Waals surface area contributed by atoms with Crippen LogP contribution in [0.2, 0.25) is 0 Å². The van der Waals surface area contributed by atoms with Crippen molar-refractivity contribution in [1.82, 2.24) is 10.3 Å². The van der Waals surface area contributed by atoms with Gasteiger partial charge in [-0.2, -0.15) is 5.26 Å². The van der Waals surface area contributed by atoms with Gasteiger partial charge in [-0.25, -0.2) is 4.98 Å². The summed E-state index contributed by atoms with van der Waals surface area (Å²) in [6, 6.07) is 5.73. The van der Waals surface area contributed by atoms with Crippen molar-refractivity contribution < 1.29 is 4.42 Å². The van der Waals surface area contributed by atoms with E-state index >= 15 is 0 Å². The Kier molecular flexibility index (Phi) is 3.15. The molecule has 0 saturated heterocycles. The molecule has 0 aliphatic heterocycles. The topological polar surface area (TPSA) is 86.2 Å². The fraction of sp³-hybridized carbons (Fsp3) is 0.571. The van der Waals surface area contributed by atoms with Crippen LogP contribution in [0.1, 0.15) is 32.1 Å². The van der Waals surface area contributed by atoms with Crippen molar-refractivity contribution in [3.63, 3.8) is 0 Å². The van der Waals surface area contributed by atoms with E-state index in [1.54, 1.807) is 0 Å². The lowest BCUT2D eigenvalue weighted by Crippen LogP contribution is -2.61. The summed E-state index contributed by atoms with van der Waals surface area (Å²) < 4.78 is 5.48. The minimum Gasteiger partial charge on any atom is -0.441 e. The zero-order chi connectivity index (χ0) is 18.0. The van der Waals surface area contributed by atoms with Gasteiger partial charge in [0.05, 0.1) is 5.69 Å². The predicted molar refractivity (Wildman–Crippen MR) is 102 cm³/mol. The lowest BCUT2D eigenvalue weighted by molar-refractivity contribution is -0.185. The zero-order valence-electron chi connectivity index (χ0n) is 15.2. The number of nitrogens with zero attached hydrogens (tertiary/aromatic N) is 3. The largest absolute Gasteiger partial charge is 0.441 e. The standard InChI is InChI=1S/C21H23N5O/c22-10-24-20(26-18-3-1-2-17-19(18)27-11-25-17)23-9-13-4-12-5-14-6-16-15(13)8-21(14,16)7-12/h1-3,11-16H,4-9H2,(H2,23,24,26). The first-order chi connectivity index (χ1) is 13.3. The van der Waals surface area contributed by atoms with Gasteiger partial charge in [0.25, 0.3) is 0 Å². The molecule has 3 bridgehead atoms. The van der Waals surface area contributed by atoms with E-state index in [4.69, 9.17) is 14.7 Å². The van der Waals surface area contributed by atoms with Gasteiger partial charge in [0.1, 0.15) is 5.52 Å². The lowest BCUT2D eigenvalue weighted by Gasteiger charge is -2.67. The Morgan fingerprint density at radius 3 is 3.19 bits per heavy atom. The van der Waals surface area contributed by atoms with Crippen LogP contribution in [0.3, 0.4) is 0 Å². The number of anilines is 1. The highest BCUT2D eigenvalue weighted by atomic mass is 16.3. The molecular weight excluding hydrogens is 338 g/mol. The highest BCUT2D eigenvalue weighted by molar-refractivity contribution is 6.00. The average molecular weight is 361 g/mol. The molecule has 5 aliphatic carbocycles. The van der Waals surface area contributed by atoms with Crippen LogP contribution in [0.15, 0.2) is 34.0 Å². The minimum absolute atomic E-state index is 0.497. The third-order valence-corrected chi connectivity index (χ3v) is 8.02. The zero-order valence-corrected chi connectivity index (χ0v) is 15.2. The molecule has 6 unspecified atom stereocenters. The number of benzene rings is 1. The molecule has 1 aromatic carbocycles. The average Bonchev–Trinajstić information content (AvgIpc) is 3.18. The van der Waals surface area contributed by atoms with Crippen molar-refractivity contribution in [3.05, 3.63) is 24.6 Å². The predicted octanol–water partition coefficient (Wildman–Crippen LogP) is 3.74. The third-order valence-electron chi connectivity index (χ3n) is 8.02. The highest BCUT2D eigenvalue weighted by Gasteiger charge is 2.71. The maximum Gasteiger partial charge on any atom is 0.209 e. The number of nitriles is 1. The Bertz CT molecular complexity index is 974. The molecule has 0 amide bonds. The number of hydrogen-bond donors (Lipinski definition) is 2. The normalized spacial score (nSPS) is 38.5. The van der Waals surface area contributed by atoms with Crippen molar-refractivity contribution in [2.24, 2.45) is 40.0 Å². The Balaban J connectivity index is 1.22. The van der Waals surface area contributed by atoms with Gasteiger partial charge in [-0.1, -0.05) is 6.07 Å². The number of guanidine groups is 1. The van der Waals surface area contributed by atoms with E-state index in [2.05, 4.69) is 15.6 Å². The monoisotopic (exact) mass is 361 g/mol. The van der Waals surface area contributed by atoms with Crippen molar-refractivity contribution in [3.8, 4) is 6.19 Å². The van der Waals surface area contributed by atoms with Crippen molar-refractivity contribution in [2.45, 2.75) is 32.1 Å². The molecule has 5 fully saturated rings. The molecule has 2 N–H and O–H groups in total. The second kappa shape index (κ2) is 5.48. The number of nitrogens with one attached hydrogen (secondary N) is 2. The van der Waals surface area contributed by atoms with Crippen LogP contribution in [0.4, 0.5) is 5.69 Å². The maximum atomic E-state index is 9.15. The number of hydrogen-bond acceptors (Lipinski definition) is 4. The van der Waals surface area contributed by atoms with Gasteiger partial charge in [0.15, 0.2) is 18.2 Å². The van der Waals surface area contributed by atoms with Crippen molar-refractivity contribution >= 4 is 22.7 Å². The summed E-state index contributed by atoms with van der Waals surface area (Å²) >= 11 is 0. The number of aromatic nitrogens is 1. The smallest absolute Gasteiger partial charge is 0.209 e. The molecule has 5 aliphatic rings. The second-order valence-corrected chi connectivity index (χ2v) is 9.00. The summed E-state index contributed by atoms with van der Waals surface area (Å²) in [5.41, 5.74) is 2.99. The molecule has 138 valence electrons. The van der Waals surface area contributed by atoms with Crippen LogP contribution in [0, 0.1) is 46.5 Å². The molecule has 2 aromatic rings. The number of oxazole rings is 1. The molecular formula is C21H23N5O. The lowest BCUT2D eigenvalue weighted by atomic mass is 9.37. The summed E-state index contributed by atoms with van der Waals surface area (Å²) in [5, 5.41) is 15.1. The SMILES string of the molecule is N#CNC(=NCC1CC2CC3CC4C1CC34C2)Nc1cccc2ncoc12. The molecule has 6 atom stereocenters. The molecule has 7 rings (SSSR count). The van der Waals surface area contributed by atoms with Crippen LogP contribution >= 0.6 is 0 Å². The quantitative estimate of drug-likeness (QED) is 0.376.